The Kier molecular flexibility index (Phi) is 7.23. The van der Waals surface area contributed by atoms with Gasteiger partial charge in [-0.25, -0.2) is 0 Å². The molecule has 5 unspecified atom stereocenters. The molecule has 0 amide bonds. The summed E-state index contributed by atoms with van der Waals surface area (Å²) in [7, 11) is 5.93. The number of benzene rings is 5. The molecule has 0 spiro atoms. The minimum absolute atomic E-state index is 0.181. The summed E-state index contributed by atoms with van der Waals surface area (Å²) in [5.74, 6) is 3.44. The highest BCUT2D eigenvalue weighted by Crippen LogP contribution is 2.78. The third-order valence-electron chi connectivity index (χ3n) is 14.9. The van der Waals surface area contributed by atoms with Crippen molar-refractivity contribution >= 4 is 28.2 Å². The normalized spacial score (nSPS) is 27.4. The van der Waals surface area contributed by atoms with Gasteiger partial charge in [-0.15, -0.1) is 0 Å². The lowest BCUT2D eigenvalue weighted by molar-refractivity contribution is 0.133. The molecule has 2 saturated carbocycles. The lowest BCUT2D eigenvalue weighted by Crippen LogP contribution is -2.36. The van der Waals surface area contributed by atoms with Crippen molar-refractivity contribution < 1.29 is 9.47 Å². The molecule has 4 heteroatoms. The minimum atomic E-state index is -0.823. The number of anilines is 2. The maximum atomic E-state index is 7.83. The van der Waals surface area contributed by atoms with Crippen molar-refractivity contribution in [1.29, 1.82) is 0 Å². The molecule has 3 aliphatic carbocycles. The first-order valence-electron chi connectivity index (χ1n) is 19.9. The van der Waals surface area contributed by atoms with E-state index in [9.17, 15) is 0 Å². The Hall–Kier alpha value is -4.70. The van der Waals surface area contributed by atoms with Crippen molar-refractivity contribution in [2.45, 2.75) is 70.3 Å². The first-order valence-corrected chi connectivity index (χ1v) is 19.9. The van der Waals surface area contributed by atoms with Gasteiger partial charge in [0.15, 0.2) is 5.60 Å². The minimum Gasteiger partial charge on any atom is -0.497 e. The van der Waals surface area contributed by atoms with E-state index in [0.717, 1.165) is 35.7 Å². The van der Waals surface area contributed by atoms with E-state index in [1.807, 2.05) is 0 Å². The van der Waals surface area contributed by atoms with Crippen molar-refractivity contribution in [3.05, 3.63) is 125 Å². The number of nitrogens with zero attached hydrogens (tertiary/aromatic N) is 2. The third kappa shape index (κ3) is 4.47. The molecule has 0 aromatic heterocycles. The smallest absolute Gasteiger partial charge is 0.178 e. The largest absolute Gasteiger partial charge is 0.497 e. The average Bonchev–Trinajstić information content (AvgIpc) is 3.54. The number of fused-ring (bicyclic) bond motifs is 15. The number of hydrogen-bond acceptors (Lipinski definition) is 4. The second-order valence-corrected chi connectivity index (χ2v) is 17.5. The van der Waals surface area contributed by atoms with Crippen LogP contribution in [0.25, 0.3) is 28.0 Å². The molecular weight excluding hydrogens is 649 g/mol. The van der Waals surface area contributed by atoms with Crippen LogP contribution in [0.4, 0.5) is 11.4 Å². The molecule has 4 nitrogen and oxygen atoms in total. The summed E-state index contributed by atoms with van der Waals surface area (Å²) in [6.07, 6.45) is 11.2. The Morgan fingerprint density at radius 1 is 0.811 bits per heavy atom. The van der Waals surface area contributed by atoms with E-state index in [-0.39, 0.29) is 10.8 Å². The van der Waals surface area contributed by atoms with Gasteiger partial charge in [0, 0.05) is 60.6 Å². The van der Waals surface area contributed by atoms with Gasteiger partial charge in [-0.2, -0.15) is 0 Å². The van der Waals surface area contributed by atoms with E-state index in [1.165, 1.54) is 76.5 Å². The highest BCUT2D eigenvalue weighted by Gasteiger charge is 2.68. The molecule has 5 aliphatic rings. The number of rotatable bonds is 5. The number of piperidine rings is 1. The van der Waals surface area contributed by atoms with Crippen LogP contribution in [-0.4, -0.2) is 34.3 Å². The summed E-state index contributed by atoms with van der Waals surface area (Å²) < 4.78 is 13.5. The predicted molar refractivity (Wildman–Crippen MR) is 220 cm³/mol. The molecule has 1 saturated heterocycles. The molecule has 2 aliphatic heterocycles. The zero-order chi connectivity index (χ0) is 36.3. The second kappa shape index (κ2) is 11.6. The van der Waals surface area contributed by atoms with E-state index < -0.39 is 5.60 Å². The zero-order valence-electron chi connectivity index (χ0n) is 32.2. The van der Waals surface area contributed by atoms with Crippen LogP contribution in [0.1, 0.15) is 92.5 Å². The van der Waals surface area contributed by atoms with Crippen molar-refractivity contribution in [3.63, 3.8) is 0 Å². The van der Waals surface area contributed by atoms with Crippen LogP contribution in [-0.2, 0) is 5.60 Å². The Morgan fingerprint density at radius 2 is 1.53 bits per heavy atom. The SMILES string of the molecule is COc1ccc(C2(c3ccc(N(C)C)cc3)C=Cc3c4c(c5ccc(N6CCCCC6)cc5c3O2)-c2ccccc2C2C3CCC(C)(C42)C3(C)C)cc1. The molecule has 2 heterocycles. The quantitative estimate of drug-likeness (QED) is 0.182. The molecule has 3 fully saturated rings. The number of methoxy groups -OCH3 is 1. The van der Waals surface area contributed by atoms with E-state index in [4.69, 9.17) is 9.47 Å². The molecule has 0 N–H and O–H groups in total. The molecule has 270 valence electrons. The first kappa shape index (κ1) is 32.9. The second-order valence-electron chi connectivity index (χ2n) is 17.5. The number of ether oxygens (including phenoxy) is 2. The standard InChI is InChI=1S/C49H52N2O2/c1-47(2)41-25-26-48(47,3)45-43(41)37-13-9-8-12-36(37)42-38-23-20-34(51-28-10-7-11-29-51)30-40(38)46-39(44(42)45)24-27-49(53-46,32-16-21-35(52-6)22-17-32)31-14-18-33(19-15-31)50(4)5/h8-9,12-24,27,30,41,43,45H,7,10-11,25-26,28-29H2,1-6H3. The van der Waals surface area contributed by atoms with Crippen LogP contribution in [0.15, 0.2) is 97.1 Å². The maximum Gasteiger partial charge on any atom is 0.178 e. The van der Waals surface area contributed by atoms with Crippen molar-refractivity contribution in [3.8, 4) is 22.6 Å². The van der Waals surface area contributed by atoms with E-state index in [0.29, 0.717) is 17.8 Å². The lowest BCUT2D eigenvalue weighted by atomic mass is 9.58. The molecule has 10 rings (SSSR count). The molecule has 5 aromatic carbocycles. The van der Waals surface area contributed by atoms with Crippen molar-refractivity contribution in [2.75, 3.05) is 44.1 Å². The van der Waals surface area contributed by atoms with Gasteiger partial charge in [-0.05, 0) is 131 Å². The summed E-state index contributed by atoms with van der Waals surface area (Å²) in [5.41, 5.74) is 11.5. The van der Waals surface area contributed by atoms with Gasteiger partial charge in [0.2, 0.25) is 0 Å². The van der Waals surface area contributed by atoms with Gasteiger partial charge in [0.1, 0.15) is 11.5 Å². The third-order valence-corrected chi connectivity index (χ3v) is 14.9. The molecule has 5 aromatic rings. The highest BCUT2D eigenvalue weighted by atomic mass is 16.5. The zero-order valence-corrected chi connectivity index (χ0v) is 32.2. The van der Waals surface area contributed by atoms with Crippen LogP contribution in [0.2, 0.25) is 0 Å². The Balaban J connectivity index is 1.28. The predicted octanol–water partition coefficient (Wildman–Crippen LogP) is 11.6. The monoisotopic (exact) mass is 700 g/mol. The topological polar surface area (TPSA) is 24.9 Å². The molecule has 0 radical (unpaired) electrons. The highest BCUT2D eigenvalue weighted by molar-refractivity contribution is 6.08. The van der Waals surface area contributed by atoms with Gasteiger partial charge in [0.25, 0.3) is 0 Å². The van der Waals surface area contributed by atoms with Crippen LogP contribution in [0.5, 0.6) is 11.5 Å². The average molecular weight is 701 g/mol. The fourth-order valence-corrected chi connectivity index (χ4v) is 11.7. The summed E-state index contributed by atoms with van der Waals surface area (Å²) >= 11 is 0. The van der Waals surface area contributed by atoms with E-state index in [2.05, 4.69) is 148 Å². The lowest BCUT2D eigenvalue weighted by Gasteiger charge is -2.46. The fourth-order valence-electron chi connectivity index (χ4n) is 11.7. The summed E-state index contributed by atoms with van der Waals surface area (Å²) in [5, 5.41) is 2.53. The van der Waals surface area contributed by atoms with Gasteiger partial charge < -0.3 is 19.3 Å². The van der Waals surface area contributed by atoms with E-state index >= 15 is 0 Å². The first-order chi connectivity index (χ1) is 25.7. The number of hydrogen-bond donors (Lipinski definition) is 0. The summed E-state index contributed by atoms with van der Waals surface area (Å²) in [4.78, 5) is 4.75. The molecular formula is C49H52N2O2. The van der Waals surface area contributed by atoms with Crippen molar-refractivity contribution in [1.82, 2.24) is 0 Å². The molecule has 5 atom stereocenters. The summed E-state index contributed by atoms with van der Waals surface area (Å²) in [6.45, 7) is 9.97. The Labute approximate surface area is 315 Å². The van der Waals surface area contributed by atoms with Gasteiger partial charge in [-0.1, -0.05) is 81.4 Å². The van der Waals surface area contributed by atoms with Crippen LogP contribution < -0.4 is 19.3 Å². The maximum absolute atomic E-state index is 7.83. The van der Waals surface area contributed by atoms with E-state index in [1.54, 1.807) is 12.7 Å². The molecule has 53 heavy (non-hydrogen) atoms. The fraction of sp³-hybridized carbons (Fsp3) is 0.388. The Bertz CT molecular complexity index is 2280. The van der Waals surface area contributed by atoms with Gasteiger partial charge >= 0.3 is 0 Å². The summed E-state index contributed by atoms with van der Waals surface area (Å²) in [6, 6.07) is 34.1. The van der Waals surface area contributed by atoms with Crippen LogP contribution >= 0.6 is 0 Å². The van der Waals surface area contributed by atoms with Gasteiger partial charge in [0.05, 0.1) is 7.11 Å². The van der Waals surface area contributed by atoms with Crippen LogP contribution in [0.3, 0.4) is 0 Å². The Morgan fingerprint density at radius 3 is 2.25 bits per heavy atom. The molecule has 2 bridgehead atoms. The van der Waals surface area contributed by atoms with Crippen molar-refractivity contribution in [2.24, 2.45) is 16.7 Å². The van der Waals surface area contributed by atoms with Gasteiger partial charge in [-0.3, -0.25) is 0 Å². The van der Waals surface area contributed by atoms with Crippen LogP contribution in [0, 0.1) is 16.7 Å².